The average molecular weight is 449 g/mol. The summed E-state index contributed by atoms with van der Waals surface area (Å²) in [5.74, 6) is 0.984. The molecule has 2 heterocycles. The number of amidine groups is 2. The summed E-state index contributed by atoms with van der Waals surface area (Å²) < 4.78 is 0. The highest BCUT2D eigenvalue weighted by atomic mass is 15.1. The standard InChI is InChI=1S/C28H28N6/c1-33(2)27(29)21-11-9-19-13-23(31-25(19)15-21)17-5-7-18(8-6-17)24-14-20-10-12-22(16-26(20)32-24)28(30)34(3)4/h5-16,29-32H,1-4H3. The summed E-state index contributed by atoms with van der Waals surface area (Å²) >= 11 is 0. The summed E-state index contributed by atoms with van der Waals surface area (Å²) in [7, 11) is 7.54. The van der Waals surface area contributed by atoms with E-state index in [0.717, 1.165) is 55.4 Å². The Balaban J connectivity index is 1.43. The Morgan fingerprint density at radius 1 is 0.559 bits per heavy atom. The van der Waals surface area contributed by atoms with Crippen molar-refractivity contribution >= 4 is 33.5 Å². The summed E-state index contributed by atoms with van der Waals surface area (Å²) in [6, 6.07) is 25.0. The second-order valence-electron chi connectivity index (χ2n) is 9.03. The van der Waals surface area contributed by atoms with Crippen LogP contribution in [0, 0.1) is 10.8 Å². The minimum absolute atomic E-state index is 0.492. The van der Waals surface area contributed by atoms with Gasteiger partial charge in [-0.3, -0.25) is 10.8 Å². The average Bonchev–Trinajstić information content (AvgIpc) is 3.46. The van der Waals surface area contributed by atoms with Crippen LogP contribution in [0.5, 0.6) is 0 Å². The molecule has 0 radical (unpaired) electrons. The van der Waals surface area contributed by atoms with E-state index in [1.807, 2.05) is 52.5 Å². The Hall–Kier alpha value is -4.32. The van der Waals surface area contributed by atoms with Crippen molar-refractivity contribution in [3.63, 3.8) is 0 Å². The van der Waals surface area contributed by atoms with Crippen molar-refractivity contribution in [3.8, 4) is 22.5 Å². The summed E-state index contributed by atoms with van der Waals surface area (Å²) in [4.78, 5) is 10.6. The van der Waals surface area contributed by atoms with E-state index in [1.165, 1.54) is 0 Å². The zero-order valence-corrected chi connectivity index (χ0v) is 19.8. The molecule has 170 valence electrons. The fraction of sp³-hybridized carbons (Fsp3) is 0.143. The quantitative estimate of drug-likeness (QED) is 0.208. The summed E-state index contributed by atoms with van der Waals surface area (Å²) in [5, 5.41) is 18.7. The molecule has 0 atom stereocenters. The van der Waals surface area contributed by atoms with Crippen molar-refractivity contribution in [2.24, 2.45) is 0 Å². The molecule has 5 aromatic rings. The molecule has 0 saturated heterocycles. The highest BCUT2D eigenvalue weighted by molar-refractivity contribution is 6.01. The lowest BCUT2D eigenvalue weighted by atomic mass is 10.1. The van der Waals surface area contributed by atoms with Gasteiger partial charge in [0, 0.05) is 72.5 Å². The SMILES string of the molecule is CN(C)C(=N)c1ccc2cc(-c3ccc(-c4cc5ccc(C(=N)N(C)C)cc5[nH]4)cc3)[nH]c2c1. The molecule has 3 aromatic carbocycles. The molecule has 0 fully saturated rings. The van der Waals surface area contributed by atoms with E-state index in [2.05, 4.69) is 58.5 Å². The van der Waals surface area contributed by atoms with Crippen molar-refractivity contribution in [2.45, 2.75) is 0 Å². The maximum absolute atomic E-state index is 8.22. The molecule has 0 amide bonds. The molecule has 4 N–H and O–H groups in total. The van der Waals surface area contributed by atoms with Gasteiger partial charge < -0.3 is 19.8 Å². The van der Waals surface area contributed by atoms with E-state index in [-0.39, 0.29) is 0 Å². The molecule has 5 rings (SSSR count). The third kappa shape index (κ3) is 3.83. The predicted octanol–water partition coefficient (Wildman–Crippen LogP) is 5.76. The maximum Gasteiger partial charge on any atom is 0.127 e. The molecule has 6 nitrogen and oxygen atoms in total. The fourth-order valence-electron chi connectivity index (χ4n) is 4.21. The highest BCUT2D eigenvalue weighted by Crippen LogP contribution is 2.29. The molecule has 0 bridgehead atoms. The van der Waals surface area contributed by atoms with Gasteiger partial charge >= 0.3 is 0 Å². The van der Waals surface area contributed by atoms with Gasteiger partial charge in [0.2, 0.25) is 0 Å². The van der Waals surface area contributed by atoms with Crippen LogP contribution in [0.2, 0.25) is 0 Å². The lowest BCUT2D eigenvalue weighted by Gasteiger charge is -2.13. The van der Waals surface area contributed by atoms with E-state index in [0.29, 0.717) is 11.7 Å². The highest BCUT2D eigenvalue weighted by Gasteiger charge is 2.10. The number of benzene rings is 3. The fourth-order valence-corrected chi connectivity index (χ4v) is 4.21. The smallest absolute Gasteiger partial charge is 0.127 e. The van der Waals surface area contributed by atoms with Crippen molar-refractivity contribution in [2.75, 3.05) is 28.2 Å². The second-order valence-corrected chi connectivity index (χ2v) is 9.03. The lowest BCUT2D eigenvalue weighted by Crippen LogP contribution is -2.21. The summed E-state index contributed by atoms with van der Waals surface area (Å²) in [6.45, 7) is 0. The van der Waals surface area contributed by atoms with Crippen LogP contribution in [0.3, 0.4) is 0 Å². The number of nitrogens with zero attached hydrogens (tertiary/aromatic N) is 2. The number of rotatable bonds is 4. The Morgan fingerprint density at radius 3 is 1.29 bits per heavy atom. The molecular formula is C28H28N6. The number of fused-ring (bicyclic) bond motifs is 2. The van der Waals surface area contributed by atoms with E-state index in [9.17, 15) is 0 Å². The molecule has 0 unspecified atom stereocenters. The molecule has 6 heteroatoms. The van der Waals surface area contributed by atoms with Crippen LogP contribution < -0.4 is 0 Å². The van der Waals surface area contributed by atoms with Gasteiger partial charge in [-0.2, -0.15) is 0 Å². The predicted molar refractivity (Wildman–Crippen MR) is 142 cm³/mol. The molecule has 0 aliphatic carbocycles. The van der Waals surface area contributed by atoms with Crippen LogP contribution in [0.25, 0.3) is 44.3 Å². The van der Waals surface area contributed by atoms with Crippen molar-refractivity contribution in [1.82, 2.24) is 19.8 Å². The molecular weight excluding hydrogens is 420 g/mol. The lowest BCUT2D eigenvalue weighted by molar-refractivity contribution is 0.619. The van der Waals surface area contributed by atoms with Gasteiger partial charge in [0.05, 0.1) is 0 Å². The first-order chi connectivity index (χ1) is 16.3. The minimum Gasteiger partial charge on any atom is -0.363 e. The minimum atomic E-state index is 0.492. The molecule has 34 heavy (non-hydrogen) atoms. The van der Waals surface area contributed by atoms with Crippen LogP contribution in [-0.2, 0) is 0 Å². The first kappa shape index (κ1) is 21.5. The van der Waals surface area contributed by atoms with Crippen LogP contribution in [-0.4, -0.2) is 59.6 Å². The van der Waals surface area contributed by atoms with Crippen molar-refractivity contribution < 1.29 is 0 Å². The molecule has 0 aliphatic rings. The molecule has 0 saturated carbocycles. The monoisotopic (exact) mass is 448 g/mol. The van der Waals surface area contributed by atoms with Gasteiger partial charge in [-0.05, 0) is 35.4 Å². The van der Waals surface area contributed by atoms with Gasteiger partial charge in [-0.1, -0.05) is 48.5 Å². The Labute approximate surface area is 198 Å². The zero-order chi connectivity index (χ0) is 24.0. The number of aromatic nitrogens is 2. The van der Waals surface area contributed by atoms with E-state index in [4.69, 9.17) is 10.8 Å². The number of aromatic amines is 2. The number of H-pyrrole nitrogens is 2. The topological polar surface area (TPSA) is 85.8 Å². The number of hydrogen-bond donors (Lipinski definition) is 4. The Bertz CT molecular complexity index is 1420. The van der Waals surface area contributed by atoms with E-state index in [1.54, 1.807) is 9.80 Å². The summed E-state index contributed by atoms with van der Waals surface area (Å²) in [5.41, 5.74) is 8.17. The zero-order valence-electron chi connectivity index (χ0n) is 19.8. The normalized spacial score (nSPS) is 11.2. The van der Waals surface area contributed by atoms with Crippen LogP contribution in [0.15, 0.2) is 72.8 Å². The van der Waals surface area contributed by atoms with Gasteiger partial charge in [0.1, 0.15) is 11.7 Å². The Morgan fingerprint density at radius 2 is 0.941 bits per heavy atom. The largest absolute Gasteiger partial charge is 0.363 e. The van der Waals surface area contributed by atoms with Crippen LogP contribution >= 0.6 is 0 Å². The summed E-state index contributed by atoms with van der Waals surface area (Å²) in [6.07, 6.45) is 0. The van der Waals surface area contributed by atoms with Crippen LogP contribution in [0.4, 0.5) is 0 Å². The molecule has 0 spiro atoms. The maximum atomic E-state index is 8.22. The first-order valence-corrected chi connectivity index (χ1v) is 11.2. The number of nitrogens with one attached hydrogen (secondary N) is 4. The molecule has 2 aromatic heterocycles. The van der Waals surface area contributed by atoms with Gasteiger partial charge in [-0.15, -0.1) is 0 Å². The third-order valence-corrected chi connectivity index (χ3v) is 6.19. The van der Waals surface area contributed by atoms with E-state index < -0.39 is 0 Å². The van der Waals surface area contributed by atoms with Gasteiger partial charge in [-0.25, -0.2) is 0 Å². The Kier molecular flexibility index (Phi) is 5.21. The van der Waals surface area contributed by atoms with Gasteiger partial charge in [0.25, 0.3) is 0 Å². The molecule has 0 aliphatic heterocycles. The van der Waals surface area contributed by atoms with Crippen molar-refractivity contribution in [3.05, 3.63) is 83.9 Å². The second kappa shape index (κ2) is 8.23. The first-order valence-electron chi connectivity index (χ1n) is 11.2. The third-order valence-electron chi connectivity index (χ3n) is 6.19. The van der Waals surface area contributed by atoms with Crippen LogP contribution in [0.1, 0.15) is 11.1 Å². The van der Waals surface area contributed by atoms with E-state index >= 15 is 0 Å². The number of hydrogen-bond acceptors (Lipinski definition) is 2. The van der Waals surface area contributed by atoms with Gasteiger partial charge in [0.15, 0.2) is 0 Å². The van der Waals surface area contributed by atoms with Crippen molar-refractivity contribution in [1.29, 1.82) is 10.8 Å².